The molecule has 0 radical (unpaired) electrons. The van der Waals surface area contributed by atoms with Gasteiger partial charge in [-0.3, -0.25) is 9.59 Å². The van der Waals surface area contributed by atoms with Crippen LogP contribution in [0.25, 0.3) is 0 Å². The minimum atomic E-state index is -3.21. The molecule has 0 saturated carbocycles. The minimum Gasteiger partial charge on any atom is -0.353 e. The van der Waals surface area contributed by atoms with Gasteiger partial charge in [0.2, 0.25) is 0 Å². The Labute approximate surface area is 126 Å². The summed E-state index contributed by atoms with van der Waals surface area (Å²) in [6.45, 7) is 0.614. The molecule has 112 valence electrons. The first-order chi connectivity index (χ1) is 9.88. The molecule has 8 heteroatoms. The van der Waals surface area contributed by atoms with Crippen LogP contribution in [0.5, 0.6) is 0 Å². The number of rotatable bonds is 2. The molecular weight excluding hydrogens is 312 g/mol. The van der Waals surface area contributed by atoms with Crippen molar-refractivity contribution in [2.45, 2.75) is 5.37 Å². The lowest BCUT2D eigenvalue weighted by Crippen LogP contribution is -2.47. The molecule has 1 aromatic carbocycles. The van der Waals surface area contributed by atoms with Gasteiger partial charge < -0.3 is 10.2 Å². The lowest BCUT2D eigenvalue weighted by Gasteiger charge is -2.36. The van der Waals surface area contributed by atoms with Gasteiger partial charge in [-0.05, 0) is 18.2 Å². The number of Topliss-reactive ketones (excluding diaryl/α,β-unsaturated/α-hetero) is 1. The highest BCUT2D eigenvalue weighted by atomic mass is 32.2. The van der Waals surface area contributed by atoms with E-state index in [9.17, 15) is 18.0 Å². The van der Waals surface area contributed by atoms with Crippen LogP contribution in [-0.2, 0) is 14.6 Å². The zero-order valence-electron chi connectivity index (χ0n) is 11.3. The molecule has 0 spiro atoms. The maximum atomic E-state index is 11.9. The van der Waals surface area contributed by atoms with Crippen LogP contribution < -0.4 is 10.2 Å². The Kier molecular flexibility index (Phi) is 3.45. The molecule has 0 aromatic heterocycles. The van der Waals surface area contributed by atoms with Crippen LogP contribution in [0, 0.1) is 0 Å². The Morgan fingerprint density at radius 3 is 2.81 bits per heavy atom. The summed E-state index contributed by atoms with van der Waals surface area (Å²) in [5, 5.41) is 1.93. The molecule has 0 aliphatic carbocycles. The van der Waals surface area contributed by atoms with Crippen molar-refractivity contribution >= 4 is 44.7 Å². The van der Waals surface area contributed by atoms with Gasteiger partial charge in [-0.1, -0.05) is 0 Å². The molecule has 1 atom stereocenters. The van der Waals surface area contributed by atoms with Crippen molar-refractivity contribution in [3.8, 4) is 0 Å². The van der Waals surface area contributed by atoms with Crippen molar-refractivity contribution in [2.75, 3.05) is 34.5 Å². The molecule has 1 unspecified atom stereocenters. The fourth-order valence-electron chi connectivity index (χ4n) is 2.54. The topological polar surface area (TPSA) is 83.6 Å². The molecule has 1 fully saturated rings. The summed E-state index contributed by atoms with van der Waals surface area (Å²) in [5.41, 5.74) is 1.50. The lowest BCUT2D eigenvalue weighted by atomic mass is 10.1. The third-order valence-corrected chi connectivity index (χ3v) is 6.26. The zero-order chi connectivity index (χ0) is 15.2. The van der Waals surface area contributed by atoms with E-state index in [1.165, 1.54) is 6.26 Å². The van der Waals surface area contributed by atoms with Gasteiger partial charge in [0.1, 0.15) is 5.37 Å². The Morgan fingerprint density at radius 2 is 2.10 bits per heavy atom. The second-order valence-corrected chi connectivity index (χ2v) is 8.42. The van der Waals surface area contributed by atoms with Gasteiger partial charge in [0, 0.05) is 30.0 Å². The Morgan fingerprint density at radius 1 is 1.33 bits per heavy atom. The number of carbonyl (C=O) groups is 2. The van der Waals surface area contributed by atoms with Crippen LogP contribution >= 0.6 is 11.8 Å². The molecule has 1 aromatic rings. The fraction of sp³-hybridized carbons (Fsp3) is 0.385. The predicted molar refractivity (Wildman–Crippen MR) is 82.7 cm³/mol. The molecule has 2 aliphatic rings. The quantitative estimate of drug-likeness (QED) is 0.807. The number of nitrogens with one attached hydrogen (secondary N) is 1. The van der Waals surface area contributed by atoms with Gasteiger partial charge in [0.25, 0.3) is 11.7 Å². The SMILES string of the molecule is CS(=O)(=O)C1CSCCN1c1ccc2c(c1)NC(=O)C2=O. The largest absolute Gasteiger partial charge is 0.353 e. The van der Waals surface area contributed by atoms with E-state index in [4.69, 9.17) is 0 Å². The Bertz CT molecular complexity index is 730. The molecular formula is C13H14N2O4S2. The summed E-state index contributed by atoms with van der Waals surface area (Å²) in [6, 6.07) is 4.95. The number of nitrogens with zero attached hydrogens (tertiary/aromatic N) is 1. The third-order valence-electron chi connectivity index (χ3n) is 3.61. The molecule has 6 nitrogen and oxygen atoms in total. The van der Waals surface area contributed by atoms with E-state index < -0.39 is 26.9 Å². The smallest absolute Gasteiger partial charge is 0.296 e. The molecule has 1 amide bonds. The number of hydrogen-bond acceptors (Lipinski definition) is 6. The second-order valence-electron chi connectivity index (χ2n) is 5.07. The maximum absolute atomic E-state index is 11.9. The Balaban J connectivity index is 1.99. The van der Waals surface area contributed by atoms with Gasteiger partial charge in [0.05, 0.1) is 11.3 Å². The normalized spacial score (nSPS) is 22.1. The number of hydrogen-bond donors (Lipinski definition) is 1. The summed E-state index contributed by atoms with van der Waals surface area (Å²) in [7, 11) is -3.21. The Hall–Kier alpha value is -1.54. The molecule has 1 saturated heterocycles. The van der Waals surface area contributed by atoms with E-state index in [0.717, 1.165) is 5.75 Å². The predicted octanol–water partition coefficient (Wildman–Crippen LogP) is 0.745. The minimum absolute atomic E-state index is 0.339. The monoisotopic (exact) mass is 326 g/mol. The number of amides is 1. The molecule has 1 N–H and O–H groups in total. The van der Waals surface area contributed by atoms with Crippen LogP contribution in [0.15, 0.2) is 18.2 Å². The number of carbonyl (C=O) groups excluding carboxylic acids is 2. The first-order valence-corrected chi connectivity index (χ1v) is 9.52. The van der Waals surface area contributed by atoms with Crippen molar-refractivity contribution < 1.29 is 18.0 Å². The number of fused-ring (bicyclic) bond motifs is 1. The van der Waals surface area contributed by atoms with Crippen LogP contribution in [0.4, 0.5) is 11.4 Å². The first kappa shape index (κ1) is 14.4. The molecule has 2 heterocycles. The van der Waals surface area contributed by atoms with Crippen molar-refractivity contribution in [3.63, 3.8) is 0 Å². The highest BCUT2D eigenvalue weighted by molar-refractivity contribution is 8.01. The second kappa shape index (κ2) is 5.03. The standard InChI is InChI=1S/C13H14N2O4S2/c1-21(18,19)11-7-20-5-4-15(11)8-2-3-9-10(6-8)14-13(17)12(9)16/h2-3,6,11H,4-5,7H2,1H3,(H,14,16,17). The molecule has 21 heavy (non-hydrogen) atoms. The molecule has 2 aliphatic heterocycles. The van der Waals surface area contributed by atoms with Crippen molar-refractivity contribution in [1.29, 1.82) is 0 Å². The van der Waals surface area contributed by atoms with E-state index in [1.807, 2.05) is 4.90 Å². The van der Waals surface area contributed by atoms with Crippen LogP contribution in [0.3, 0.4) is 0 Å². The summed E-state index contributed by atoms with van der Waals surface area (Å²) >= 11 is 1.61. The highest BCUT2D eigenvalue weighted by Gasteiger charge is 2.33. The fourth-order valence-corrected chi connectivity index (χ4v) is 5.39. The summed E-state index contributed by atoms with van der Waals surface area (Å²) in [6.07, 6.45) is 1.23. The third kappa shape index (κ3) is 2.53. The van der Waals surface area contributed by atoms with Crippen LogP contribution in [0.2, 0.25) is 0 Å². The summed E-state index contributed by atoms with van der Waals surface area (Å²) in [5.74, 6) is 0.164. The van der Waals surface area contributed by atoms with Crippen molar-refractivity contribution in [1.82, 2.24) is 0 Å². The number of ketones is 1. The van der Waals surface area contributed by atoms with E-state index in [1.54, 1.807) is 30.0 Å². The zero-order valence-corrected chi connectivity index (χ0v) is 13.0. The van der Waals surface area contributed by atoms with Gasteiger partial charge >= 0.3 is 0 Å². The summed E-state index contributed by atoms with van der Waals surface area (Å²) < 4.78 is 23.9. The van der Waals surface area contributed by atoms with Crippen LogP contribution in [-0.4, -0.2) is 49.8 Å². The lowest BCUT2D eigenvalue weighted by molar-refractivity contribution is -0.112. The van der Waals surface area contributed by atoms with E-state index in [0.29, 0.717) is 29.2 Å². The average Bonchev–Trinajstić information content (AvgIpc) is 2.73. The maximum Gasteiger partial charge on any atom is 0.296 e. The number of benzene rings is 1. The number of sulfone groups is 1. The van der Waals surface area contributed by atoms with Gasteiger partial charge in [-0.25, -0.2) is 8.42 Å². The van der Waals surface area contributed by atoms with Gasteiger partial charge in [-0.15, -0.1) is 0 Å². The van der Waals surface area contributed by atoms with E-state index >= 15 is 0 Å². The van der Waals surface area contributed by atoms with Gasteiger partial charge in [-0.2, -0.15) is 11.8 Å². The van der Waals surface area contributed by atoms with Crippen molar-refractivity contribution in [2.24, 2.45) is 0 Å². The van der Waals surface area contributed by atoms with Crippen LogP contribution in [0.1, 0.15) is 10.4 Å². The number of anilines is 2. The molecule has 0 bridgehead atoms. The number of thioether (sulfide) groups is 1. The molecule has 3 rings (SSSR count). The van der Waals surface area contributed by atoms with E-state index in [2.05, 4.69) is 5.32 Å². The average molecular weight is 326 g/mol. The van der Waals surface area contributed by atoms with E-state index in [-0.39, 0.29) is 0 Å². The van der Waals surface area contributed by atoms with Gasteiger partial charge in [0.15, 0.2) is 9.84 Å². The first-order valence-electron chi connectivity index (χ1n) is 6.41. The highest BCUT2D eigenvalue weighted by Crippen LogP contribution is 2.32. The summed E-state index contributed by atoms with van der Waals surface area (Å²) in [4.78, 5) is 24.8. The van der Waals surface area contributed by atoms with Crippen molar-refractivity contribution in [3.05, 3.63) is 23.8 Å².